The van der Waals surface area contributed by atoms with Crippen molar-refractivity contribution in [3.63, 3.8) is 0 Å². The summed E-state index contributed by atoms with van der Waals surface area (Å²) in [6, 6.07) is 12.8. The first-order valence-corrected chi connectivity index (χ1v) is 18.6. The minimum absolute atomic E-state index is 0.162. The van der Waals surface area contributed by atoms with E-state index in [-0.39, 0.29) is 31.9 Å². The number of aromatic hydroxyl groups is 1. The Labute approximate surface area is 256 Å². The van der Waals surface area contributed by atoms with E-state index in [9.17, 15) is 13.5 Å². The molecule has 0 bridgehead atoms. The number of nitrogens with zero attached hydrogens (tertiary/aromatic N) is 3. The molecule has 0 aliphatic heterocycles. The number of fused-ring (bicyclic) bond motifs is 1. The number of hydrogen-bond donors (Lipinski definition) is 3. The Balaban J connectivity index is 0.000000809. The first kappa shape index (κ1) is 32.4. The van der Waals surface area contributed by atoms with Crippen LogP contribution >= 0.6 is 9.24 Å². The van der Waals surface area contributed by atoms with Crippen LogP contribution in [0.1, 0.15) is 57.1 Å². The number of phenols is 1. The van der Waals surface area contributed by atoms with Crippen LogP contribution in [-0.2, 0) is 36.1 Å². The van der Waals surface area contributed by atoms with E-state index in [1.54, 1.807) is 22.8 Å². The molecule has 211 valence electrons. The van der Waals surface area contributed by atoms with Gasteiger partial charge in [0.15, 0.2) is 0 Å². The summed E-state index contributed by atoms with van der Waals surface area (Å²) in [5.74, 6) is 0.913. The van der Waals surface area contributed by atoms with E-state index in [0.29, 0.717) is 41.3 Å². The third kappa shape index (κ3) is 8.72. The maximum atomic E-state index is 12.9. The Bertz CT molecular complexity index is 1510. The molecule has 40 heavy (non-hydrogen) atoms. The molecule has 2 heterocycles. The van der Waals surface area contributed by atoms with Gasteiger partial charge in [0.25, 0.3) is 0 Å². The number of hydrogen-bond acceptors (Lipinski definition) is 6. The second-order valence-electron chi connectivity index (χ2n) is 9.54. The number of phenolic OH excluding ortho intramolecular Hbond substituents is 1. The number of benzene rings is 2. The number of nitrogens with one attached hydrogen (secondary N) is 2. The SMILES string of the molecule is C1CC1.CC.Cc1cc(C)c(S(=O)(=O)NCCCCNc2cc(-c3ccccc3O)nc3c(P)cnn23)[c]([Hg])c1. The van der Waals surface area contributed by atoms with Crippen LogP contribution in [0.5, 0.6) is 5.75 Å². The molecular weight excluding hydrogens is 730 g/mol. The molecule has 2 aromatic carbocycles. The number of aryl methyl sites for hydroxylation is 2. The first-order chi connectivity index (χ1) is 19.2. The maximum absolute atomic E-state index is 12.9. The third-order valence-corrected chi connectivity index (χ3v) is 11.3. The van der Waals surface area contributed by atoms with Crippen LogP contribution in [0.25, 0.3) is 16.9 Å². The number of para-hydroxylation sites is 1. The van der Waals surface area contributed by atoms with E-state index in [0.717, 1.165) is 31.7 Å². The van der Waals surface area contributed by atoms with Gasteiger partial charge in [-0.25, -0.2) is 4.98 Å². The Kier molecular flexibility index (Phi) is 12.4. The van der Waals surface area contributed by atoms with E-state index in [1.807, 2.05) is 58.0 Å². The first-order valence-electron chi connectivity index (χ1n) is 13.8. The quantitative estimate of drug-likeness (QED) is 0.129. The predicted octanol–water partition coefficient (Wildman–Crippen LogP) is 4.76. The number of anilines is 1. The van der Waals surface area contributed by atoms with Crippen LogP contribution in [0.4, 0.5) is 5.82 Å². The second kappa shape index (κ2) is 15.2. The summed E-state index contributed by atoms with van der Waals surface area (Å²) >= 11 is 0.213. The number of aromatic nitrogens is 3. The van der Waals surface area contributed by atoms with E-state index < -0.39 is 10.0 Å². The van der Waals surface area contributed by atoms with Gasteiger partial charge in [-0.15, -0.1) is 0 Å². The molecule has 5 rings (SSSR count). The molecule has 0 amide bonds. The van der Waals surface area contributed by atoms with Crippen molar-refractivity contribution < 1.29 is 39.6 Å². The summed E-state index contributed by atoms with van der Waals surface area (Å²) < 4.78 is 31.1. The zero-order valence-corrected chi connectivity index (χ0v) is 31.3. The molecule has 0 saturated heterocycles. The second-order valence-corrected chi connectivity index (χ2v) is 14.8. The van der Waals surface area contributed by atoms with Crippen molar-refractivity contribution >= 4 is 39.1 Å². The van der Waals surface area contributed by atoms with Crippen LogP contribution in [0.3, 0.4) is 0 Å². The van der Waals surface area contributed by atoms with Gasteiger partial charge < -0.3 is 5.11 Å². The molecule has 1 fully saturated rings. The van der Waals surface area contributed by atoms with Crippen LogP contribution in [-0.4, -0.2) is 41.2 Å². The van der Waals surface area contributed by atoms with Crippen molar-refractivity contribution in [3.05, 3.63) is 59.8 Å². The van der Waals surface area contributed by atoms with Crippen LogP contribution in [0.15, 0.2) is 53.6 Å². The average Bonchev–Trinajstić information content (AvgIpc) is 3.75. The van der Waals surface area contributed by atoms with Gasteiger partial charge in [0.2, 0.25) is 0 Å². The van der Waals surface area contributed by atoms with E-state index in [2.05, 4.69) is 29.4 Å². The molecule has 8 nitrogen and oxygen atoms in total. The molecule has 1 aliphatic carbocycles. The van der Waals surface area contributed by atoms with Crippen LogP contribution in [0, 0.1) is 13.8 Å². The predicted molar refractivity (Wildman–Crippen MR) is 163 cm³/mol. The topological polar surface area (TPSA) is 109 Å². The molecule has 4 aromatic rings. The van der Waals surface area contributed by atoms with Gasteiger partial charge in [-0.2, -0.15) is 0 Å². The molecule has 1 saturated carbocycles. The summed E-state index contributed by atoms with van der Waals surface area (Å²) in [5.41, 5.74) is 3.87. The number of sulfonamides is 1. The summed E-state index contributed by atoms with van der Waals surface area (Å²) in [6.45, 7) is 8.85. The minimum atomic E-state index is -3.51. The van der Waals surface area contributed by atoms with Gasteiger partial charge in [-0.3, -0.25) is 0 Å². The monoisotopic (exact) mass is 770 g/mol. The fraction of sp³-hybridized carbons (Fsp3) is 0.379. The van der Waals surface area contributed by atoms with Crippen LogP contribution < -0.4 is 18.4 Å². The summed E-state index contributed by atoms with van der Waals surface area (Å²) in [6.07, 6.45) is 7.67. The Morgan fingerprint density at radius 1 is 1.05 bits per heavy atom. The van der Waals surface area contributed by atoms with Crippen molar-refractivity contribution in [2.75, 3.05) is 18.4 Å². The zero-order valence-electron chi connectivity index (χ0n) is 23.9. The molecule has 1 unspecified atom stereocenters. The van der Waals surface area contributed by atoms with Gasteiger partial charge in [-0.1, -0.05) is 54.5 Å². The van der Waals surface area contributed by atoms with E-state index in [1.165, 1.54) is 19.3 Å². The fourth-order valence-electron chi connectivity index (χ4n) is 4.11. The standard InChI is InChI=1S/C24H27N5O3PS.C3H6.C2H6.Hg/c1-16-9-10-22(17(2)13-16)34(31,32)27-12-6-5-11-25-23-14-19(18-7-3-4-8-20(18)30)28-24-21(33)15-26-29(23)24;1-2-3-1;1-2;/h3-4,7-9,13-15,25,27,30H,5-6,11-12,33H2,1-2H3;1-3H2;1-2H3;. The van der Waals surface area contributed by atoms with Crippen molar-refractivity contribution in [2.24, 2.45) is 0 Å². The normalized spacial score (nSPS) is 12.3. The third-order valence-electron chi connectivity index (χ3n) is 6.00. The molecule has 2 aromatic heterocycles. The fourth-order valence-corrected chi connectivity index (χ4v) is 10.4. The van der Waals surface area contributed by atoms with E-state index >= 15 is 0 Å². The average molecular weight is 769 g/mol. The van der Waals surface area contributed by atoms with Gasteiger partial charge >= 0.3 is 158 Å². The Morgan fingerprint density at radius 2 is 1.73 bits per heavy atom. The van der Waals surface area contributed by atoms with Crippen molar-refractivity contribution in [1.82, 2.24) is 19.3 Å². The van der Waals surface area contributed by atoms with Gasteiger partial charge in [0.1, 0.15) is 5.75 Å². The van der Waals surface area contributed by atoms with E-state index in [4.69, 9.17) is 0 Å². The molecular formula is C29H39HgN5O3PS. The molecule has 11 heteroatoms. The van der Waals surface area contributed by atoms with Crippen molar-refractivity contribution in [1.29, 1.82) is 0 Å². The van der Waals surface area contributed by atoms with Crippen molar-refractivity contribution in [3.8, 4) is 17.0 Å². The van der Waals surface area contributed by atoms with Gasteiger partial charge in [0.05, 0.1) is 6.20 Å². The summed E-state index contributed by atoms with van der Waals surface area (Å²) in [4.78, 5) is 5.12. The van der Waals surface area contributed by atoms with Crippen molar-refractivity contribution in [2.45, 2.75) is 64.7 Å². The zero-order chi connectivity index (χ0) is 29.3. The Hall–Kier alpha value is -2.06. The molecule has 3 N–H and O–H groups in total. The molecule has 0 radical (unpaired) electrons. The molecule has 1 aliphatic rings. The summed E-state index contributed by atoms with van der Waals surface area (Å²) in [7, 11) is -0.886. The number of unbranched alkanes of at least 4 members (excludes halogenated alkanes) is 1. The van der Waals surface area contributed by atoms with Crippen LogP contribution in [0.2, 0.25) is 0 Å². The molecule has 1 atom stereocenters. The van der Waals surface area contributed by atoms with Gasteiger partial charge in [-0.05, 0) is 12.1 Å². The van der Waals surface area contributed by atoms with Gasteiger partial charge in [0, 0.05) is 10.9 Å². The molecule has 0 spiro atoms. The summed E-state index contributed by atoms with van der Waals surface area (Å²) in [5, 5.41) is 18.9. The number of rotatable bonds is 9. The Morgan fingerprint density at radius 3 is 2.38 bits per heavy atom.